The van der Waals surface area contributed by atoms with Gasteiger partial charge in [0.1, 0.15) is 11.6 Å². The molecule has 0 bridgehead atoms. The third-order valence-electron chi connectivity index (χ3n) is 5.40. The Hall–Kier alpha value is -1.89. The lowest BCUT2D eigenvalue weighted by atomic mass is 9.94. The van der Waals surface area contributed by atoms with Crippen LogP contribution in [0.3, 0.4) is 0 Å². The summed E-state index contributed by atoms with van der Waals surface area (Å²) < 4.78 is 0. The van der Waals surface area contributed by atoms with Crippen LogP contribution < -0.4 is 10.6 Å². The molecular formula is C22H33Cl2N5O. The van der Waals surface area contributed by atoms with Crippen LogP contribution in [0.2, 0.25) is 0 Å². The summed E-state index contributed by atoms with van der Waals surface area (Å²) in [5, 5.41) is 0. The summed E-state index contributed by atoms with van der Waals surface area (Å²) in [6.07, 6.45) is 0. The van der Waals surface area contributed by atoms with E-state index in [0.717, 1.165) is 36.0 Å². The molecule has 6 nitrogen and oxygen atoms in total. The van der Waals surface area contributed by atoms with Crippen LogP contribution in [0.1, 0.15) is 49.8 Å². The molecule has 8 heteroatoms. The average molecular weight is 454 g/mol. The largest absolute Gasteiger partial charge is 0.353 e. The van der Waals surface area contributed by atoms with Crippen molar-refractivity contribution in [3.05, 3.63) is 53.5 Å². The van der Waals surface area contributed by atoms with Crippen LogP contribution in [0.25, 0.3) is 0 Å². The number of amides is 1. The van der Waals surface area contributed by atoms with E-state index < -0.39 is 0 Å². The summed E-state index contributed by atoms with van der Waals surface area (Å²) >= 11 is 0. The molecule has 0 spiro atoms. The highest BCUT2D eigenvalue weighted by molar-refractivity contribution is 5.85. The molecule has 2 atom stereocenters. The maximum Gasteiger partial charge on any atom is 0.227 e. The number of benzene rings is 1. The maximum absolute atomic E-state index is 13.0. The van der Waals surface area contributed by atoms with Crippen molar-refractivity contribution in [3.8, 4) is 0 Å². The van der Waals surface area contributed by atoms with Crippen molar-refractivity contribution < 1.29 is 4.79 Å². The van der Waals surface area contributed by atoms with Gasteiger partial charge in [-0.3, -0.25) is 4.79 Å². The van der Waals surface area contributed by atoms with Gasteiger partial charge < -0.3 is 15.5 Å². The highest BCUT2D eigenvalue weighted by Gasteiger charge is 2.29. The summed E-state index contributed by atoms with van der Waals surface area (Å²) in [4.78, 5) is 26.4. The molecule has 2 heterocycles. The van der Waals surface area contributed by atoms with Gasteiger partial charge >= 0.3 is 0 Å². The molecule has 2 aromatic rings. The van der Waals surface area contributed by atoms with E-state index in [9.17, 15) is 4.79 Å². The summed E-state index contributed by atoms with van der Waals surface area (Å²) in [5.74, 6) is 2.00. The molecule has 1 aliphatic heterocycles. The van der Waals surface area contributed by atoms with Gasteiger partial charge in [0.25, 0.3) is 0 Å². The van der Waals surface area contributed by atoms with Gasteiger partial charge in [0.2, 0.25) is 5.91 Å². The highest BCUT2D eigenvalue weighted by atomic mass is 35.5. The van der Waals surface area contributed by atoms with Gasteiger partial charge in [-0.25, -0.2) is 9.97 Å². The molecule has 0 radical (unpaired) electrons. The zero-order valence-electron chi connectivity index (χ0n) is 18.1. The van der Waals surface area contributed by atoms with Crippen LogP contribution in [-0.4, -0.2) is 47.0 Å². The zero-order valence-corrected chi connectivity index (χ0v) is 19.7. The van der Waals surface area contributed by atoms with Gasteiger partial charge in [-0.2, -0.15) is 0 Å². The quantitative estimate of drug-likeness (QED) is 0.745. The SMILES string of the molecule is Cc1cc(N2CCN(C(=O)C(C)C(N)c3ccccc3)CC2)nc(C(C)C)n1.Cl.Cl. The number of carbonyl (C=O) groups is 1. The number of hydrogen-bond acceptors (Lipinski definition) is 5. The van der Waals surface area contributed by atoms with E-state index in [1.807, 2.05) is 55.1 Å². The lowest BCUT2D eigenvalue weighted by Crippen LogP contribution is -2.51. The number of anilines is 1. The van der Waals surface area contributed by atoms with Crippen molar-refractivity contribution >= 4 is 36.5 Å². The minimum absolute atomic E-state index is 0. The molecule has 2 unspecified atom stereocenters. The second kappa shape index (κ2) is 11.5. The van der Waals surface area contributed by atoms with Gasteiger partial charge in [0.05, 0.1) is 5.92 Å². The monoisotopic (exact) mass is 453 g/mol. The predicted molar refractivity (Wildman–Crippen MR) is 127 cm³/mol. The fourth-order valence-corrected chi connectivity index (χ4v) is 3.56. The van der Waals surface area contributed by atoms with Crippen molar-refractivity contribution in [3.63, 3.8) is 0 Å². The number of aryl methyl sites for hydroxylation is 1. The summed E-state index contributed by atoms with van der Waals surface area (Å²) in [5.41, 5.74) is 8.33. The normalized spacial score (nSPS) is 15.8. The topological polar surface area (TPSA) is 75.3 Å². The van der Waals surface area contributed by atoms with Crippen LogP contribution >= 0.6 is 24.8 Å². The number of aromatic nitrogens is 2. The first-order valence-electron chi connectivity index (χ1n) is 10.1. The molecule has 2 N–H and O–H groups in total. The Morgan fingerprint density at radius 1 is 1.00 bits per heavy atom. The van der Waals surface area contributed by atoms with E-state index in [-0.39, 0.29) is 42.7 Å². The first-order valence-corrected chi connectivity index (χ1v) is 10.1. The van der Waals surface area contributed by atoms with Gasteiger partial charge in [0, 0.05) is 49.9 Å². The molecule has 1 aromatic carbocycles. The summed E-state index contributed by atoms with van der Waals surface area (Å²) in [6.45, 7) is 11.0. The highest BCUT2D eigenvalue weighted by Crippen LogP contribution is 2.23. The first kappa shape index (κ1) is 26.1. The van der Waals surface area contributed by atoms with Crippen molar-refractivity contribution in [1.82, 2.24) is 14.9 Å². The zero-order chi connectivity index (χ0) is 20.3. The van der Waals surface area contributed by atoms with E-state index >= 15 is 0 Å². The summed E-state index contributed by atoms with van der Waals surface area (Å²) in [7, 11) is 0. The number of hydrogen-bond donors (Lipinski definition) is 1. The van der Waals surface area contributed by atoms with Crippen molar-refractivity contribution in [2.75, 3.05) is 31.1 Å². The van der Waals surface area contributed by atoms with E-state index in [1.54, 1.807) is 0 Å². The smallest absolute Gasteiger partial charge is 0.227 e. The molecule has 1 amide bonds. The van der Waals surface area contributed by atoms with Crippen LogP contribution in [0, 0.1) is 12.8 Å². The Morgan fingerprint density at radius 2 is 1.60 bits per heavy atom. The van der Waals surface area contributed by atoms with Gasteiger partial charge in [-0.15, -0.1) is 24.8 Å². The third-order valence-corrected chi connectivity index (χ3v) is 5.40. The van der Waals surface area contributed by atoms with Crippen molar-refractivity contribution in [2.24, 2.45) is 11.7 Å². The van der Waals surface area contributed by atoms with E-state index in [4.69, 9.17) is 10.7 Å². The predicted octanol–water partition coefficient (Wildman–Crippen LogP) is 3.74. The molecule has 1 aliphatic rings. The van der Waals surface area contributed by atoms with Crippen molar-refractivity contribution in [2.45, 2.75) is 39.7 Å². The van der Waals surface area contributed by atoms with Crippen LogP contribution in [0.5, 0.6) is 0 Å². The molecular weight excluding hydrogens is 421 g/mol. The molecule has 166 valence electrons. The number of carbonyl (C=O) groups excluding carboxylic acids is 1. The van der Waals surface area contributed by atoms with Gasteiger partial charge in [-0.05, 0) is 12.5 Å². The standard InChI is InChI=1S/C22H31N5O.2ClH/c1-15(2)21-24-16(3)14-19(25-21)26-10-12-27(13-11-26)22(28)17(4)20(23)18-8-6-5-7-9-18;;/h5-9,14-15,17,20H,10-13,23H2,1-4H3;2*1H. The molecule has 30 heavy (non-hydrogen) atoms. The molecule has 0 aliphatic carbocycles. The second-order valence-corrected chi connectivity index (χ2v) is 7.92. The van der Waals surface area contributed by atoms with E-state index in [1.165, 1.54) is 0 Å². The summed E-state index contributed by atoms with van der Waals surface area (Å²) in [6, 6.07) is 11.6. The Bertz CT molecular complexity index is 810. The fraction of sp³-hybridized carbons (Fsp3) is 0.500. The second-order valence-electron chi connectivity index (χ2n) is 7.92. The molecule has 1 saturated heterocycles. The minimum Gasteiger partial charge on any atom is -0.353 e. The van der Waals surface area contributed by atoms with Crippen molar-refractivity contribution in [1.29, 1.82) is 0 Å². The molecule has 0 saturated carbocycles. The Morgan fingerprint density at radius 3 is 2.17 bits per heavy atom. The number of piperazine rings is 1. The van der Waals surface area contributed by atoms with Crippen LogP contribution in [0.4, 0.5) is 5.82 Å². The third kappa shape index (κ3) is 6.06. The number of halogens is 2. The number of rotatable bonds is 5. The number of nitrogens with zero attached hydrogens (tertiary/aromatic N) is 4. The lowest BCUT2D eigenvalue weighted by molar-refractivity contribution is -0.136. The van der Waals surface area contributed by atoms with Crippen LogP contribution in [0.15, 0.2) is 36.4 Å². The van der Waals surface area contributed by atoms with E-state index in [0.29, 0.717) is 19.0 Å². The number of nitrogens with two attached hydrogens (primary N) is 1. The average Bonchev–Trinajstić information content (AvgIpc) is 2.72. The van der Waals surface area contributed by atoms with Gasteiger partial charge in [0.15, 0.2) is 0 Å². The Balaban J connectivity index is 0.00000225. The lowest BCUT2D eigenvalue weighted by Gasteiger charge is -2.37. The molecule has 1 fully saturated rings. The minimum atomic E-state index is -0.287. The Kier molecular flexibility index (Phi) is 10.0. The maximum atomic E-state index is 13.0. The molecule has 3 rings (SSSR count). The Labute approximate surface area is 192 Å². The van der Waals surface area contributed by atoms with E-state index in [2.05, 4.69) is 23.7 Å². The first-order chi connectivity index (χ1) is 13.4. The molecule has 1 aromatic heterocycles. The van der Waals surface area contributed by atoms with Gasteiger partial charge in [-0.1, -0.05) is 51.1 Å². The fourth-order valence-electron chi connectivity index (χ4n) is 3.56. The van der Waals surface area contributed by atoms with Crippen LogP contribution in [-0.2, 0) is 4.79 Å².